The van der Waals surface area contributed by atoms with E-state index >= 15 is 0 Å². The highest BCUT2D eigenvalue weighted by atomic mass is 35.5. The molecule has 2 saturated heterocycles. The quantitative estimate of drug-likeness (QED) is 0.847. The SMILES string of the molecule is Cc1ccc(-c2cc(C(=O)N3CCCC(N4CCNCC4=O)C3)on2)cc1.Cl. The second kappa shape index (κ2) is 8.75. The minimum atomic E-state index is -0.159. The Hall–Kier alpha value is -2.38. The number of rotatable bonds is 3. The van der Waals surface area contributed by atoms with E-state index in [4.69, 9.17) is 4.52 Å². The Morgan fingerprint density at radius 2 is 2.04 bits per heavy atom. The predicted molar refractivity (Wildman–Crippen MR) is 107 cm³/mol. The fourth-order valence-electron chi connectivity index (χ4n) is 3.79. The Morgan fingerprint density at radius 3 is 2.79 bits per heavy atom. The number of amides is 2. The van der Waals surface area contributed by atoms with Crippen LogP contribution in [0.15, 0.2) is 34.9 Å². The maximum atomic E-state index is 12.9. The van der Waals surface area contributed by atoms with E-state index < -0.39 is 0 Å². The van der Waals surface area contributed by atoms with Crippen molar-refractivity contribution in [3.63, 3.8) is 0 Å². The van der Waals surface area contributed by atoms with Crippen molar-refractivity contribution in [3.05, 3.63) is 41.7 Å². The molecule has 1 aromatic carbocycles. The Kier molecular flexibility index (Phi) is 6.36. The summed E-state index contributed by atoms with van der Waals surface area (Å²) in [6.07, 6.45) is 1.81. The van der Waals surface area contributed by atoms with Gasteiger partial charge in [0, 0.05) is 43.9 Å². The molecule has 7 nitrogen and oxygen atoms in total. The molecular formula is C20H25ClN4O3. The number of piperazine rings is 1. The van der Waals surface area contributed by atoms with Gasteiger partial charge in [0.25, 0.3) is 5.91 Å². The molecule has 0 saturated carbocycles. The molecule has 2 aromatic rings. The third-order valence-electron chi connectivity index (χ3n) is 5.32. The first kappa shape index (κ1) is 20.4. The van der Waals surface area contributed by atoms with Crippen LogP contribution in [0.5, 0.6) is 0 Å². The summed E-state index contributed by atoms with van der Waals surface area (Å²) in [5.74, 6) is 0.202. The number of piperidine rings is 1. The predicted octanol–water partition coefficient (Wildman–Crippen LogP) is 2.11. The first-order valence-electron chi connectivity index (χ1n) is 9.45. The van der Waals surface area contributed by atoms with Gasteiger partial charge in [-0.15, -0.1) is 12.4 Å². The standard InChI is InChI=1S/C20H24N4O3.ClH/c1-14-4-6-15(7-5-14)17-11-18(27-22-17)20(26)23-9-2-3-16(13-23)24-10-8-21-12-19(24)25;/h4-7,11,16,21H,2-3,8-10,12-13H2,1H3;1H. The monoisotopic (exact) mass is 404 g/mol. The van der Waals surface area contributed by atoms with Crippen LogP contribution in [-0.2, 0) is 4.79 Å². The molecule has 1 N–H and O–H groups in total. The number of halogens is 1. The number of aryl methyl sites for hydroxylation is 1. The molecule has 1 aromatic heterocycles. The molecule has 1 unspecified atom stereocenters. The maximum Gasteiger partial charge on any atom is 0.292 e. The van der Waals surface area contributed by atoms with Gasteiger partial charge in [-0.2, -0.15) is 0 Å². The van der Waals surface area contributed by atoms with Crippen molar-refractivity contribution >= 4 is 24.2 Å². The maximum absolute atomic E-state index is 12.9. The van der Waals surface area contributed by atoms with Gasteiger partial charge < -0.3 is 19.6 Å². The van der Waals surface area contributed by atoms with Crippen LogP contribution >= 0.6 is 12.4 Å². The van der Waals surface area contributed by atoms with E-state index in [0.717, 1.165) is 24.9 Å². The fraction of sp³-hybridized carbons (Fsp3) is 0.450. The van der Waals surface area contributed by atoms with Crippen molar-refractivity contribution in [2.75, 3.05) is 32.7 Å². The summed E-state index contributed by atoms with van der Waals surface area (Å²) >= 11 is 0. The van der Waals surface area contributed by atoms with E-state index in [9.17, 15) is 9.59 Å². The minimum Gasteiger partial charge on any atom is -0.350 e. The lowest BCUT2D eigenvalue weighted by Crippen LogP contribution is -2.57. The lowest BCUT2D eigenvalue weighted by molar-refractivity contribution is -0.135. The van der Waals surface area contributed by atoms with Crippen molar-refractivity contribution in [2.45, 2.75) is 25.8 Å². The van der Waals surface area contributed by atoms with Gasteiger partial charge in [0.2, 0.25) is 11.7 Å². The summed E-state index contributed by atoms with van der Waals surface area (Å²) in [5, 5.41) is 7.15. The van der Waals surface area contributed by atoms with Crippen LogP contribution in [0.2, 0.25) is 0 Å². The highest BCUT2D eigenvalue weighted by Crippen LogP contribution is 2.23. The molecule has 2 aliphatic rings. The van der Waals surface area contributed by atoms with Gasteiger partial charge in [-0.05, 0) is 19.8 Å². The first-order valence-corrected chi connectivity index (χ1v) is 9.45. The Balaban J connectivity index is 0.00000225. The summed E-state index contributed by atoms with van der Waals surface area (Å²) in [7, 11) is 0. The molecule has 4 rings (SSSR count). The van der Waals surface area contributed by atoms with Crippen LogP contribution in [0, 0.1) is 6.92 Å². The largest absolute Gasteiger partial charge is 0.350 e. The average Bonchev–Trinajstić information content (AvgIpc) is 3.18. The molecule has 0 radical (unpaired) electrons. The van der Waals surface area contributed by atoms with Crippen molar-refractivity contribution in [1.82, 2.24) is 20.3 Å². The highest BCUT2D eigenvalue weighted by molar-refractivity contribution is 5.92. The summed E-state index contributed by atoms with van der Waals surface area (Å²) < 4.78 is 5.33. The number of likely N-dealkylation sites (tertiary alicyclic amines) is 1. The van der Waals surface area contributed by atoms with E-state index in [0.29, 0.717) is 31.9 Å². The van der Waals surface area contributed by atoms with Crippen LogP contribution in [0.4, 0.5) is 0 Å². The Labute approximate surface area is 170 Å². The van der Waals surface area contributed by atoms with Gasteiger partial charge in [0.05, 0.1) is 6.54 Å². The lowest BCUT2D eigenvalue weighted by Gasteiger charge is -2.40. The van der Waals surface area contributed by atoms with Crippen molar-refractivity contribution in [2.24, 2.45) is 0 Å². The number of carbonyl (C=O) groups excluding carboxylic acids is 2. The summed E-state index contributed by atoms with van der Waals surface area (Å²) in [4.78, 5) is 28.7. The Morgan fingerprint density at radius 1 is 1.25 bits per heavy atom. The van der Waals surface area contributed by atoms with E-state index in [1.165, 1.54) is 5.56 Å². The third kappa shape index (κ3) is 4.20. The van der Waals surface area contributed by atoms with Crippen LogP contribution in [0.3, 0.4) is 0 Å². The second-order valence-electron chi connectivity index (χ2n) is 7.25. The third-order valence-corrected chi connectivity index (χ3v) is 5.32. The average molecular weight is 405 g/mol. The van der Waals surface area contributed by atoms with Gasteiger partial charge in [-0.1, -0.05) is 35.0 Å². The van der Waals surface area contributed by atoms with Crippen LogP contribution in [-0.4, -0.2) is 65.5 Å². The normalized spacial score (nSPS) is 20.0. The van der Waals surface area contributed by atoms with Crippen LogP contribution < -0.4 is 5.32 Å². The Bertz CT molecular complexity index is 836. The highest BCUT2D eigenvalue weighted by Gasteiger charge is 2.33. The molecule has 8 heteroatoms. The molecule has 0 spiro atoms. The number of hydrogen-bond donors (Lipinski definition) is 1. The number of nitrogens with zero attached hydrogens (tertiary/aromatic N) is 3. The molecule has 2 amide bonds. The smallest absolute Gasteiger partial charge is 0.292 e. The van der Waals surface area contributed by atoms with Crippen molar-refractivity contribution in [1.29, 1.82) is 0 Å². The molecule has 0 bridgehead atoms. The zero-order valence-electron chi connectivity index (χ0n) is 15.9. The second-order valence-corrected chi connectivity index (χ2v) is 7.25. The van der Waals surface area contributed by atoms with E-state index in [1.807, 2.05) is 36.1 Å². The zero-order chi connectivity index (χ0) is 18.8. The summed E-state index contributed by atoms with van der Waals surface area (Å²) in [6.45, 7) is 5.13. The molecule has 2 fully saturated rings. The van der Waals surface area contributed by atoms with Crippen molar-refractivity contribution < 1.29 is 14.1 Å². The van der Waals surface area contributed by atoms with Crippen LogP contribution in [0.25, 0.3) is 11.3 Å². The van der Waals surface area contributed by atoms with E-state index in [1.54, 1.807) is 11.0 Å². The number of aromatic nitrogens is 1. The number of carbonyl (C=O) groups is 2. The summed E-state index contributed by atoms with van der Waals surface area (Å²) in [6, 6.07) is 9.72. The van der Waals surface area contributed by atoms with Crippen molar-refractivity contribution in [3.8, 4) is 11.3 Å². The molecule has 0 aliphatic carbocycles. The lowest BCUT2D eigenvalue weighted by atomic mass is 10.0. The van der Waals surface area contributed by atoms with Gasteiger partial charge in [0.15, 0.2) is 0 Å². The molecule has 3 heterocycles. The van der Waals surface area contributed by atoms with Crippen LogP contribution in [0.1, 0.15) is 29.0 Å². The van der Waals surface area contributed by atoms with E-state index in [2.05, 4.69) is 10.5 Å². The summed E-state index contributed by atoms with van der Waals surface area (Å²) in [5.41, 5.74) is 2.75. The minimum absolute atomic E-state index is 0. The number of benzene rings is 1. The van der Waals surface area contributed by atoms with Gasteiger partial charge in [-0.25, -0.2) is 0 Å². The molecule has 1 atom stereocenters. The molecule has 150 valence electrons. The zero-order valence-corrected chi connectivity index (χ0v) is 16.7. The molecule has 2 aliphatic heterocycles. The van der Waals surface area contributed by atoms with E-state index in [-0.39, 0.29) is 36.0 Å². The molecular weight excluding hydrogens is 380 g/mol. The fourth-order valence-corrected chi connectivity index (χ4v) is 3.79. The first-order chi connectivity index (χ1) is 13.1. The number of nitrogens with one attached hydrogen (secondary N) is 1. The topological polar surface area (TPSA) is 78.7 Å². The van der Waals surface area contributed by atoms with Gasteiger partial charge in [0.1, 0.15) is 5.69 Å². The van der Waals surface area contributed by atoms with Gasteiger partial charge in [-0.3, -0.25) is 9.59 Å². The number of hydrogen-bond acceptors (Lipinski definition) is 5. The van der Waals surface area contributed by atoms with Gasteiger partial charge >= 0.3 is 0 Å². The molecule has 28 heavy (non-hydrogen) atoms.